The number of carbonyl (C=O) groups excluding carboxylic acids is 2. The van der Waals surface area contributed by atoms with Crippen molar-refractivity contribution in [2.75, 3.05) is 11.9 Å². The Balaban J connectivity index is 1.33. The normalized spacial score (nSPS) is 10.5. The first kappa shape index (κ1) is 20.5. The number of nitrogens with one attached hydrogen (secondary N) is 2. The average molecular weight is 428 g/mol. The summed E-state index contributed by atoms with van der Waals surface area (Å²) < 4.78 is 0. The molecule has 0 saturated heterocycles. The van der Waals surface area contributed by atoms with Crippen LogP contribution >= 0.6 is 11.3 Å². The lowest BCUT2D eigenvalue weighted by molar-refractivity contribution is -0.115. The first-order valence-electron chi connectivity index (χ1n) is 9.84. The van der Waals surface area contributed by atoms with Crippen LogP contribution in [-0.4, -0.2) is 23.3 Å². The van der Waals surface area contributed by atoms with Gasteiger partial charge in [0.15, 0.2) is 0 Å². The third-order valence-corrected chi connectivity index (χ3v) is 5.50. The number of nitrogens with zero attached hydrogens (tertiary/aromatic N) is 1. The summed E-state index contributed by atoms with van der Waals surface area (Å²) in [6.45, 7) is 1.84. The smallest absolute Gasteiger partial charge is 0.251 e. The molecular formula is C25H21N3O2S. The van der Waals surface area contributed by atoms with Crippen LogP contribution in [0.15, 0.2) is 84.2 Å². The number of aryl methyl sites for hydroxylation is 1. The van der Waals surface area contributed by atoms with Crippen molar-refractivity contribution in [3.8, 4) is 22.4 Å². The van der Waals surface area contributed by atoms with Gasteiger partial charge in [-0.25, -0.2) is 4.98 Å². The average Bonchev–Trinajstić information content (AvgIpc) is 3.25. The number of rotatable bonds is 6. The predicted molar refractivity (Wildman–Crippen MR) is 125 cm³/mol. The van der Waals surface area contributed by atoms with Crippen LogP contribution in [0.25, 0.3) is 22.4 Å². The van der Waals surface area contributed by atoms with Gasteiger partial charge in [-0.05, 0) is 42.3 Å². The van der Waals surface area contributed by atoms with Crippen LogP contribution in [0.1, 0.15) is 15.4 Å². The molecule has 31 heavy (non-hydrogen) atoms. The van der Waals surface area contributed by atoms with Crippen molar-refractivity contribution in [3.63, 3.8) is 0 Å². The van der Waals surface area contributed by atoms with E-state index in [9.17, 15) is 9.59 Å². The lowest BCUT2D eigenvalue weighted by Crippen LogP contribution is -2.32. The SMILES string of the molecule is Cc1nc(-c2cccc(NC(=O)CNC(=O)c3ccc(-c4ccccc4)cc3)c2)cs1. The third kappa shape index (κ3) is 5.24. The van der Waals surface area contributed by atoms with Gasteiger partial charge in [-0.1, -0.05) is 54.6 Å². The first-order chi connectivity index (χ1) is 15.1. The highest BCUT2D eigenvalue weighted by Crippen LogP contribution is 2.24. The van der Waals surface area contributed by atoms with E-state index in [2.05, 4.69) is 15.6 Å². The molecule has 154 valence electrons. The fourth-order valence-electron chi connectivity index (χ4n) is 3.16. The van der Waals surface area contributed by atoms with Gasteiger partial charge < -0.3 is 10.6 Å². The van der Waals surface area contributed by atoms with Gasteiger partial charge in [-0.2, -0.15) is 0 Å². The van der Waals surface area contributed by atoms with E-state index >= 15 is 0 Å². The van der Waals surface area contributed by atoms with Crippen LogP contribution in [0, 0.1) is 6.92 Å². The van der Waals surface area contributed by atoms with Gasteiger partial charge in [0.2, 0.25) is 5.91 Å². The number of carbonyl (C=O) groups is 2. The Morgan fingerprint density at radius 1 is 0.871 bits per heavy atom. The summed E-state index contributed by atoms with van der Waals surface area (Å²) in [5.74, 6) is -0.581. The van der Waals surface area contributed by atoms with Crippen molar-refractivity contribution in [1.29, 1.82) is 0 Å². The molecule has 4 aromatic rings. The van der Waals surface area contributed by atoms with Crippen LogP contribution in [0.5, 0.6) is 0 Å². The summed E-state index contributed by atoms with van der Waals surface area (Å²) >= 11 is 1.58. The molecule has 0 bridgehead atoms. The zero-order valence-electron chi connectivity index (χ0n) is 17.0. The molecule has 4 rings (SSSR count). The molecule has 6 heteroatoms. The third-order valence-electron chi connectivity index (χ3n) is 4.72. The number of hydrogen-bond donors (Lipinski definition) is 2. The second kappa shape index (κ2) is 9.36. The molecule has 0 radical (unpaired) electrons. The van der Waals surface area contributed by atoms with Crippen molar-refractivity contribution >= 4 is 28.8 Å². The molecule has 0 atom stereocenters. The Morgan fingerprint density at radius 2 is 1.58 bits per heavy atom. The second-order valence-corrected chi connectivity index (χ2v) is 8.07. The molecular weight excluding hydrogens is 406 g/mol. The number of aromatic nitrogens is 1. The van der Waals surface area contributed by atoms with E-state index in [0.717, 1.165) is 27.4 Å². The van der Waals surface area contributed by atoms with E-state index in [0.29, 0.717) is 11.3 Å². The maximum Gasteiger partial charge on any atom is 0.251 e. The van der Waals surface area contributed by atoms with E-state index in [-0.39, 0.29) is 18.4 Å². The lowest BCUT2D eigenvalue weighted by Gasteiger charge is -2.09. The van der Waals surface area contributed by atoms with Gasteiger partial charge in [-0.15, -0.1) is 11.3 Å². The molecule has 0 spiro atoms. The molecule has 0 fully saturated rings. The Bertz CT molecular complexity index is 1200. The Kier molecular flexibility index (Phi) is 6.19. The number of amides is 2. The van der Waals surface area contributed by atoms with Crippen LogP contribution in [-0.2, 0) is 4.79 Å². The molecule has 0 unspecified atom stereocenters. The number of anilines is 1. The molecule has 2 N–H and O–H groups in total. The van der Waals surface area contributed by atoms with Crippen molar-refractivity contribution in [3.05, 3.63) is 94.8 Å². The molecule has 1 aromatic heterocycles. The molecule has 0 aliphatic rings. The van der Waals surface area contributed by atoms with Gasteiger partial charge in [0.05, 0.1) is 17.2 Å². The standard InChI is InChI=1S/C25H21N3O2S/c1-17-27-23(16-31-17)21-8-5-9-22(14-21)28-24(29)15-26-25(30)20-12-10-19(11-13-20)18-6-3-2-4-7-18/h2-14,16H,15H2,1H3,(H,26,30)(H,28,29). The van der Waals surface area contributed by atoms with E-state index in [4.69, 9.17) is 0 Å². The molecule has 2 amide bonds. The molecule has 1 heterocycles. The zero-order valence-corrected chi connectivity index (χ0v) is 17.8. The summed E-state index contributed by atoms with van der Waals surface area (Å²) in [6.07, 6.45) is 0. The van der Waals surface area contributed by atoms with Gasteiger partial charge in [-0.3, -0.25) is 9.59 Å². The Morgan fingerprint density at radius 3 is 2.29 bits per heavy atom. The van der Waals surface area contributed by atoms with Gasteiger partial charge in [0.25, 0.3) is 5.91 Å². The monoisotopic (exact) mass is 427 g/mol. The highest BCUT2D eigenvalue weighted by atomic mass is 32.1. The van der Waals surface area contributed by atoms with E-state index in [1.54, 1.807) is 23.5 Å². The maximum atomic E-state index is 12.4. The fraction of sp³-hybridized carbons (Fsp3) is 0.0800. The largest absolute Gasteiger partial charge is 0.343 e. The van der Waals surface area contributed by atoms with Crippen LogP contribution < -0.4 is 10.6 Å². The molecule has 3 aromatic carbocycles. The fourth-order valence-corrected chi connectivity index (χ4v) is 3.79. The maximum absolute atomic E-state index is 12.4. The highest BCUT2D eigenvalue weighted by Gasteiger charge is 2.10. The summed E-state index contributed by atoms with van der Waals surface area (Å²) in [6, 6.07) is 24.8. The molecule has 0 aliphatic heterocycles. The number of benzene rings is 3. The predicted octanol–water partition coefficient (Wildman–Crippen LogP) is 5.15. The molecule has 0 aliphatic carbocycles. The summed E-state index contributed by atoms with van der Waals surface area (Å²) in [5.41, 5.74) is 5.10. The van der Waals surface area contributed by atoms with Crippen molar-refractivity contribution in [2.45, 2.75) is 6.92 Å². The summed E-state index contributed by atoms with van der Waals surface area (Å²) in [5, 5.41) is 8.46. The van der Waals surface area contributed by atoms with Gasteiger partial charge in [0, 0.05) is 22.2 Å². The first-order valence-corrected chi connectivity index (χ1v) is 10.7. The topological polar surface area (TPSA) is 71.1 Å². The van der Waals surface area contributed by atoms with Crippen molar-refractivity contribution < 1.29 is 9.59 Å². The molecule has 5 nitrogen and oxygen atoms in total. The quantitative estimate of drug-likeness (QED) is 0.447. The minimum absolute atomic E-state index is 0.112. The van der Waals surface area contributed by atoms with Crippen LogP contribution in [0.2, 0.25) is 0 Å². The van der Waals surface area contributed by atoms with E-state index in [1.165, 1.54) is 0 Å². The van der Waals surface area contributed by atoms with Crippen molar-refractivity contribution in [2.24, 2.45) is 0 Å². The Hall–Kier alpha value is -3.77. The minimum atomic E-state index is -0.291. The summed E-state index contributed by atoms with van der Waals surface area (Å²) in [4.78, 5) is 29.2. The lowest BCUT2D eigenvalue weighted by atomic mass is 10.0. The summed E-state index contributed by atoms with van der Waals surface area (Å²) in [7, 11) is 0. The van der Waals surface area contributed by atoms with E-state index < -0.39 is 0 Å². The Labute approximate surface area is 184 Å². The van der Waals surface area contributed by atoms with Crippen molar-refractivity contribution in [1.82, 2.24) is 10.3 Å². The van der Waals surface area contributed by atoms with Crippen LogP contribution in [0.4, 0.5) is 5.69 Å². The van der Waals surface area contributed by atoms with Gasteiger partial charge in [0.1, 0.15) is 0 Å². The number of thiazole rings is 1. The van der Waals surface area contributed by atoms with Gasteiger partial charge >= 0.3 is 0 Å². The minimum Gasteiger partial charge on any atom is -0.343 e. The van der Waals surface area contributed by atoms with E-state index in [1.807, 2.05) is 79.0 Å². The van der Waals surface area contributed by atoms with Crippen LogP contribution in [0.3, 0.4) is 0 Å². The zero-order chi connectivity index (χ0) is 21.6. The number of hydrogen-bond acceptors (Lipinski definition) is 4. The molecule has 0 saturated carbocycles. The second-order valence-electron chi connectivity index (χ2n) is 7.01. The highest BCUT2D eigenvalue weighted by molar-refractivity contribution is 7.09.